The van der Waals surface area contributed by atoms with E-state index in [2.05, 4.69) is 159 Å². The van der Waals surface area contributed by atoms with Gasteiger partial charge in [0.15, 0.2) is 0 Å². The Bertz CT molecular complexity index is 1440. The first-order valence-electron chi connectivity index (χ1n) is 15.5. The van der Waals surface area contributed by atoms with Gasteiger partial charge in [-0.3, -0.25) is 0 Å². The predicted octanol–water partition coefficient (Wildman–Crippen LogP) is 12.0. The van der Waals surface area contributed by atoms with Crippen molar-refractivity contribution in [2.75, 3.05) is 0 Å². The molecule has 0 radical (unpaired) electrons. The Morgan fingerprint density at radius 1 is 0.333 bits per heavy atom. The van der Waals surface area contributed by atoms with Crippen molar-refractivity contribution in [3.63, 3.8) is 0 Å². The van der Waals surface area contributed by atoms with Crippen molar-refractivity contribution in [2.45, 2.75) is 52.4 Å². The minimum Gasteiger partial charge on any atom is -0.0654 e. The third-order valence-corrected chi connectivity index (χ3v) is 7.91. The summed E-state index contributed by atoms with van der Waals surface area (Å²) in [6.07, 6.45) is 16.0. The largest absolute Gasteiger partial charge is 0.0654 e. The van der Waals surface area contributed by atoms with Crippen LogP contribution in [0.5, 0.6) is 0 Å². The van der Waals surface area contributed by atoms with E-state index < -0.39 is 0 Å². The van der Waals surface area contributed by atoms with Crippen LogP contribution in [-0.4, -0.2) is 0 Å². The zero-order valence-corrected chi connectivity index (χ0v) is 25.1. The topological polar surface area (TPSA) is 0 Å². The van der Waals surface area contributed by atoms with Gasteiger partial charge >= 0.3 is 0 Å². The molecule has 0 amide bonds. The van der Waals surface area contributed by atoms with Gasteiger partial charge in [-0.1, -0.05) is 172 Å². The molecule has 0 aliphatic rings. The summed E-state index contributed by atoms with van der Waals surface area (Å²) < 4.78 is 0. The molecule has 5 aromatic rings. The highest BCUT2D eigenvalue weighted by molar-refractivity contribution is 5.75. The third-order valence-electron chi connectivity index (χ3n) is 7.91. The summed E-state index contributed by atoms with van der Waals surface area (Å²) in [5, 5.41) is 0. The van der Waals surface area contributed by atoms with Gasteiger partial charge in [0.05, 0.1) is 0 Å². The van der Waals surface area contributed by atoms with Crippen molar-refractivity contribution in [1.29, 1.82) is 0 Å². The number of rotatable bonds is 12. The molecular formula is C42H42. The second kappa shape index (κ2) is 15.0. The number of benzene rings is 5. The van der Waals surface area contributed by atoms with Gasteiger partial charge in [-0.05, 0) is 81.3 Å². The van der Waals surface area contributed by atoms with Gasteiger partial charge < -0.3 is 0 Å². The molecule has 0 nitrogen and oxygen atoms in total. The molecule has 0 spiro atoms. The Morgan fingerprint density at radius 2 is 0.571 bits per heavy atom. The number of hydrogen-bond acceptors (Lipinski definition) is 0. The lowest BCUT2D eigenvalue weighted by Gasteiger charge is -2.05. The standard InChI is InChI=1S/C42H42/c1-3-5-7-33-17-25-39(26-18-33)41-29-21-37(22-30-41)15-13-35-9-11-36(12-10-35)14-16-38-23-31-42(32-24-38)40-27-19-34(20-28-40)8-6-4-2/h9-32H,3-8H2,1-2H3/b15-13+,16-14+. The van der Waals surface area contributed by atoms with Crippen LogP contribution in [0.2, 0.25) is 0 Å². The molecule has 0 atom stereocenters. The van der Waals surface area contributed by atoms with Crippen molar-refractivity contribution < 1.29 is 0 Å². The smallest absolute Gasteiger partial charge is 0.0184 e. The van der Waals surface area contributed by atoms with Crippen molar-refractivity contribution in [3.8, 4) is 22.3 Å². The van der Waals surface area contributed by atoms with E-state index >= 15 is 0 Å². The monoisotopic (exact) mass is 546 g/mol. The summed E-state index contributed by atoms with van der Waals surface area (Å²) in [4.78, 5) is 0. The Hall–Kier alpha value is -4.42. The van der Waals surface area contributed by atoms with Crippen LogP contribution < -0.4 is 0 Å². The maximum Gasteiger partial charge on any atom is -0.0184 e. The number of unbranched alkanes of at least 4 members (excludes halogenated alkanes) is 2. The van der Waals surface area contributed by atoms with E-state index in [1.54, 1.807) is 0 Å². The van der Waals surface area contributed by atoms with Crippen molar-refractivity contribution >= 4 is 24.3 Å². The van der Waals surface area contributed by atoms with E-state index in [0.29, 0.717) is 0 Å². The van der Waals surface area contributed by atoms with E-state index in [9.17, 15) is 0 Å². The zero-order valence-electron chi connectivity index (χ0n) is 25.1. The van der Waals surface area contributed by atoms with E-state index in [1.807, 2.05) is 0 Å². The van der Waals surface area contributed by atoms with E-state index in [4.69, 9.17) is 0 Å². The summed E-state index contributed by atoms with van der Waals surface area (Å²) in [5.41, 5.74) is 12.7. The summed E-state index contributed by atoms with van der Waals surface area (Å²) in [7, 11) is 0. The molecule has 0 bridgehead atoms. The minimum atomic E-state index is 1.17. The van der Waals surface area contributed by atoms with E-state index in [-0.39, 0.29) is 0 Å². The first-order chi connectivity index (χ1) is 20.7. The highest BCUT2D eigenvalue weighted by Gasteiger charge is 2.00. The summed E-state index contributed by atoms with van der Waals surface area (Å²) in [6, 6.07) is 44.4. The van der Waals surface area contributed by atoms with Gasteiger partial charge in [0, 0.05) is 0 Å². The van der Waals surface area contributed by atoms with Crippen LogP contribution in [0.15, 0.2) is 121 Å². The molecule has 0 aromatic heterocycles. The molecule has 0 aliphatic heterocycles. The third kappa shape index (κ3) is 8.30. The average molecular weight is 547 g/mol. The molecule has 210 valence electrons. The lowest BCUT2D eigenvalue weighted by atomic mass is 10.0. The normalized spacial score (nSPS) is 11.5. The van der Waals surface area contributed by atoms with Crippen LogP contribution in [0.25, 0.3) is 46.6 Å². The molecular weight excluding hydrogens is 504 g/mol. The molecule has 0 fully saturated rings. The summed E-state index contributed by atoms with van der Waals surface area (Å²) in [5.74, 6) is 0. The molecule has 0 unspecified atom stereocenters. The second-order valence-corrected chi connectivity index (χ2v) is 11.2. The minimum absolute atomic E-state index is 1.17. The molecule has 0 saturated carbocycles. The Kier molecular flexibility index (Phi) is 10.4. The molecule has 0 heterocycles. The fourth-order valence-electron chi connectivity index (χ4n) is 5.17. The summed E-state index contributed by atoms with van der Waals surface area (Å²) >= 11 is 0. The van der Waals surface area contributed by atoms with Gasteiger partial charge in [-0.2, -0.15) is 0 Å². The first-order valence-corrected chi connectivity index (χ1v) is 15.5. The molecule has 42 heavy (non-hydrogen) atoms. The molecule has 0 aliphatic carbocycles. The quantitative estimate of drug-likeness (QED) is 0.137. The van der Waals surface area contributed by atoms with E-state index in [0.717, 1.165) is 0 Å². The lowest BCUT2D eigenvalue weighted by molar-refractivity contribution is 0.795. The van der Waals surface area contributed by atoms with Crippen LogP contribution in [0.3, 0.4) is 0 Å². The molecule has 0 saturated heterocycles. The molecule has 5 rings (SSSR count). The first kappa shape index (κ1) is 29.1. The van der Waals surface area contributed by atoms with Crippen LogP contribution in [-0.2, 0) is 12.8 Å². The Balaban J connectivity index is 1.14. The predicted molar refractivity (Wildman–Crippen MR) is 185 cm³/mol. The lowest BCUT2D eigenvalue weighted by Crippen LogP contribution is -1.85. The van der Waals surface area contributed by atoms with Crippen molar-refractivity contribution in [2.24, 2.45) is 0 Å². The highest BCUT2D eigenvalue weighted by atomic mass is 14.1. The van der Waals surface area contributed by atoms with Crippen molar-refractivity contribution in [3.05, 3.63) is 155 Å². The van der Waals surface area contributed by atoms with Gasteiger partial charge in [0.2, 0.25) is 0 Å². The Labute approximate surface area is 253 Å². The Morgan fingerprint density at radius 3 is 0.833 bits per heavy atom. The van der Waals surface area contributed by atoms with E-state index in [1.165, 1.54) is 94.2 Å². The fraction of sp³-hybridized carbons (Fsp3) is 0.190. The molecule has 0 N–H and O–H groups in total. The molecule has 5 aromatic carbocycles. The van der Waals surface area contributed by atoms with Crippen molar-refractivity contribution in [1.82, 2.24) is 0 Å². The van der Waals surface area contributed by atoms with Crippen LogP contribution >= 0.6 is 0 Å². The maximum atomic E-state index is 2.27. The van der Waals surface area contributed by atoms with Gasteiger partial charge in [0.25, 0.3) is 0 Å². The van der Waals surface area contributed by atoms with Gasteiger partial charge in [-0.15, -0.1) is 0 Å². The summed E-state index contributed by atoms with van der Waals surface area (Å²) in [6.45, 7) is 4.49. The second-order valence-electron chi connectivity index (χ2n) is 11.2. The zero-order chi connectivity index (χ0) is 29.0. The van der Waals surface area contributed by atoms with Crippen LogP contribution in [0.1, 0.15) is 72.9 Å². The SMILES string of the molecule is CCCCc1ccc(-c2ccc(/C=C/c3ccc(/C=C/c4ccc(-c5ccc(CCCC)cc5)cc4)cc3)cc2)cc1. The van der Waals surface area contributed by atoms with Crippen LogP contribution in [0.4, 0.5) is 0 Å². The number of hydrogen-bond donors (Lipinski definition) is 0. The van der Waals surface area contributed by atoms with Crippen LogP contribution in [0, 0.1) is 0 Å². The van der Waals surface area contributed by atoms with Gasteiger partial charge in [0.1, 0.15) is 0 Å². The number of aryl methyl sites for hydroxylation is 2. The fourth-order valence-corrected chi connectivity index (χ4v) is 5.17. The highest BCUT2D eigenvalue weighted by Crippen LogP contribution is 2.23. The average Bonchev–Trinajstić information content (AvgIpc) is 3.06. The maximum absolute atomic E-state index is 2.27. The van der Waals surface area contributed by atoms with Gasteiger partial charge in [-0.25, -0.2) is 0 Å². The molecule has 0 heteroatoms.